The number of benzene rings is 1. The van der Waals surface area contributed by atoms with Crippen molar-refractivity contribution >= 4 is 17.1 Å². The zero-order valence-corrected chi connectivity index (χ0v) is 19.8. The highest BCUT2D eigenvalue weighted by molar-refractivity contribution is 6.02. The lowest BCUT2D eigenvalue weighted by Gasteiger charge is -2.26. The van der Waals surface area contributed by atoms with Crippen LogP contribution >= 0.6 is 0 Å². The molecule has 31 heavy (non-hydrogen) atoms. The number of hydrogen-bond acceptors (Lipinski definition) is 4. The summed E-state index contributed by atoms with van der Waals surface area (Å²) in [5.41, 5.74) is 5.73. The minimum absolute atomic E-state index is 0.182. The van der Waals surface area contributed by atoms with Crippen molar-refractivity contribution in [3.8, 4) is 0 Å². The summed E-state index contributed by atoms with van der Waals surface area (Å²) < 4.78 is 6.08. The first-order valence-corrected chi connectivity index (χ1v) is 11.8. The van der Waals surface area contributed by atoms with E-state index >= 15 is 0 Å². The molecule has 1 saturated heterocycles. The molecule has 3 unspecified atom stereocenters. The average Bonchev–Trinajstić information content (AvgIpc) is 3.58. The molecule has 1 aromatic carbocycles. The number of nitrogens with zero attached hydrogens (tertiary/aromatic N) is 3. The summed E-state index contributed by atoms with van der Waals surface area (Å²) in [5, 5.41) is 0. The van der Waals surface area contributed by atoms with E-state index in [1.807, 2.05) is 0 Å². The van der Waals surface area contributed by atoms with E-state index < -0.39 is 0 Å². The lowest BCUT2D eigenvalue weighted by atomic mass is 9.79. The Morgan fingerprint density at radius 1 is 1.13 bits per heavy atom. The van der Waals surface area contributed by atoms with E-state index in [1.165, 1.54) is 17.1 Å². The number of anilines is 1. The fraction of sp³-hybridized carbons (Fsp3) is 0.519. The van der Waals surface area contributed by atoms with Gasteiger partial charge < -0.3 is 14.5 Å². The van der Waals surface area contributed by atoms with Gasteiger partial charge in [0.15, 0.2) is 0 Å². The molecule has 0 saturated carbocycles. The second-order valence-corrected chi connectivity index (χ2v) is 9.33. The molecule has 0 N–H and O–H groups in total. The molecule has 4 nitrogen and oxygen atoms in total. The van der Waals surface area contributed by atoms with Crippen molar-refractivity contribution in [1.82, 2.24) is 4.90 Å². The van der Waals surface area contributed by atoms with Crippen molar-refractivity contribution in [3.05, 3.63) is 59.8 Å². The standard InChI is InChI=1S/C27H37N3O/c1-6-15-30(16-7-2)22-11-13-24-20(3)27(19-31-27)18-26(28-25(24)14-12-22)21-9-8-10-23(17-21)29(4)5/h8-12,14,17-18,20,24H,6-7,13,15-16,19H2,1-5H3. The van der Waals surface area contributed by atoms with Crippen LogP contribution in [-0.4, -0.2) is 50.0 Å². The van der Waals surface area contributed by atoms with Crippen molar-refractivity contribution in [2.45, 2.75) is 45.6 Å². The van der Waals surface area contributed by atoms with Gasteiger partial charge in [-0.3, -0.25) is 4.99 Å². The van der Waals surface area contributed by atoms with Crippen molar-refractivity contribution in [1.29, 1.82) is 0 Å². The zero-order valence-electron chi connectivity index (χ0n) is 19.8. The van der Waals surface area contributed by atoms with E-state index in [4.69, 9.17) is 9.73 Å². The molecule has 1 fully saturated rings. The average molecular weight is 420 g/mol. The van der Waals surface area contributed by atoms with Crippen LogP contribution in [0.1, 0.15) is 45.6 Å². The summed E-state index contributed by atoms with van der Waals surface area (Å²) in [5.74, 6) is 0.763. The highest BCUT2D eigenvalue weighted by Gasteiger charge is 2.52. The molecule has 4 rings (SSSR count). The lowest BCUT2D eigenvalue weighted by Crippen LogP contribution is -2.30. The molecule has 3 aliphatic rings. The number of fused-ring (bicyclic) bond motifs is 1. The van der Waals surface area contributed by atoms with Gasteiger partial charge in [-0.1, -0.05) is 39.0 Å². The first-order chi connectivity index (χ1) is 15.0. The molecule has 2 aliphatic heterocycles. The molecule has 0 bridgehead atoms. The molecule has 3 atom stereocenters. The second kappa shape index (κ2) is 9.04. The van der Waals surface area contributed by atoms with E-state index in [0.29, 0.717) is 11.8 Å². The third-order valence-electron chi connectivity index (χ3n) is 6.88. The summed E-state index contributed by atoms with van der Waals surface area (Å²) in [4.78, 5) is 9.90. The molecule has 0 aromatic heterocycles. The van der Waals surface area contributed by atoms with Gasteiger partial charge in [0.2, 0.25) is 0 Å². The van der Waals surface area contributed by atoms with Crippen LogP contribution in [0.4, 0.5) is 5.69 Å². The molecule has 1 aliphatic carbocycles. The van der Waals surface area contributed by atoms with Gasteiger partial charge in [0, 0.05) is 55.8 Å². The Hall–Kier alpha value is -2.33. The van der Waals surface area contributed by atoms with Crippen molar-refractivity contribution in [2.75, 3.05) is 38.7 Å². The summed E-state index contributed by atoms with van der Waals surface area (Å²) in [6.45, 7) is 9.85. The van der Waals surface area contributed by atoms with Crippen molar-refractivity contribution < 1.29 is 4.74 Å². The highest BCUT2D eigenvalue weighted by Crippen LogP contribution is 2.47. The number of ether oxygens (including phenoxy) is 1. The minimum atomic E-state index is -0.182. The Bertz CT molecular complexity index is 914. The van der Waals surface area contributed by atoms with Crippen LogP contribution in [0.5, 0.6) is 0 Å². The normalized spacial score (nSPS) is 26.9. The van der Waals surface area contributed by atoms with E-state index in [0.717, 1.165) is 50.2 Å². The predicted molar refractivity (Wildman–Crippen MR) is 132 cm³/mol. The SMILES string of the molecule is CCCN(CCC)C1=CCC2C(=NC(c3cccc(N(C)C)c3)=CC3(CO3)C2C)C=C1. The molecule has 1 aromatic rings. The van der Waals surface area contributed by atoms with Crippen LogP contribution < -0.4 is 4.90 Å². The van der Waals surface area contributed by atoms with Gasteiger partial charge in [-0.25, -0.2) is 0 Å². The van der Waals surface area contributed by atoms with Crippen LogP contribution in [0.25, 0.3) is 5.70 Å². The van der Waals surface area contributed by atoms with E-state index in [-0.39, 0.29) is 5.60 Å². The lowest BCUT2D eigenvalue weighted by molar-refractivity contribution is 0.245. The second-order valence-electron chi connectivity index (χ2n) is 9.33. The first kappa shape index (κ1) is 21.9. The van der Waals surface area contributed by atoms with Gasteiger partial charge in [0.1, 0.15) is 5.60 Å². The molecule has 1 spiro atoms. The summed E-state index contributed by atoms with van der Waals surface area (Å²) in [6, 6.07) is 8.65. The Morgan fingerprint density at radius 2 is 1.87 bits per heavy atom. The molecule has 0 radical (unpaired) electrons. The topological polar surface area (TPSA) is 31.4 Å². The third-order valence-corrected chi connectivity index (χ3v) is 6.88. The molecule has 2 heterocycles. The van der Waals surface area contributed by atoms with Crippen LogP contribution in [-0.2, 0) is 4.74 Å². The molecule has 0 amide bonds. The van der Waals surface area contributed by atoms with E-state index in [1.54, 1.807) is 0 Å². The third kappa shape index (κ3) is 4.50. The maximum absolute atomic E-state index is 6.08. The van der Waals surface area contributed by atoms with Crippen LogP contribution in [0.3, 0.4) is 0 Å². The van der Waals surface area contributed by atoms with Gasteiger partial charge >= 0.3 is 0 Å². The number of rotatable bonds is 7. The predicted octanol–water partition coefficient (Wildman–Crippen LogP) is 5.54. The number of epoxide rings is 1. The summed E-state index contributed by atoms with van der Waals surface area (Å²) in [6.07, 6.45) is 12.6. The van der Waals surface area contributed by atoms with Gasteiger partial charge in [0.05, 0.1) is 12.3 Å². The molecular weight excluding hydrogens is 382 g/mol. The maximum atomic E-state index is 6.08. The Labute approximate surface area is 188 Å². The number of allylic oxidation sites excluding steroid dienone is 3. The fourth-order valence-corrected chi connectivity index (χ4v) is 4.85. The van der Waals surface area contributed by atoms with Gasteiger partial charge in [-0.05, 0) is 55.5 Å². The van der Waals surface area contributed by atoms with Gasteiger partial charge in [-0.15, -0.1) is 0 Å². The van der Waals surface area contributed by atoms with E-state index in [2.05, 4.69) is 93.2 Å². The fourth-order valence-electron chi connectivity index (χ4n) is 4.85. The molecular formula is C27H37N3O. The largest absolute Gasteiger partial charge is 0.378 e. The van der Waals surface area contributed by atoms with Crippen LogP contribution in [0, 0.1) is 11.8 Å². The quantitative estimate of drug-likeness (QED) is 0.544. The Balaban J connectivity index is 1.71. The van der Waals surface area contributed by atoms with Crippen molar-refractivity contribution in [2.24, 2.45) is 16.8 Å². The first-order valence-electron chi connectivity index (χ1n) is 11.8. The van der Waals surface area contributed by atoms with Gasteiger partial charge in [-0.2, -0.15) is 0 Å². The summed E-state index contributed by atoms with van der Waals surface area (Å²) in [7, 11) is 4.16. The zero-order chi connectivity index (χ0) is 22.0. The number of aliphatic imine (C=N–C) groups is 1. The van der Waals surface area contributed by atoms with Crippen molar-refractivity contribution in [3.63, 3.8) is 0 Å². The molecule has 166 valence electrons. The minimum Gasteiger partial charge on any atom is -0.378 e. The van der Waals surface area contributed by atoms with Gasteiger partial charge in [0.25, 0.3) is 0 Å². The molecule has 4 heteroatoms. The van der Waals surface area contributed by atoms with Crippen LogP contribution in [0.2, 0.25) is 0 Å². The summed E-state index contributed by atoms with van der Waals surface area (Å²) >= 11 is 0. The highest BCUT2D eigenvalue weighted by atomic mass is 16.6. The Morgan fingerprint density at radius 3 is 2.52 bits per heavy atom. The maximum Gasteiger partial charge on any atom is 0.115 e. The Kier molecular flexibility index (Phi) is 6.38. The van der Waals surface area contributed by atoms with E-state index in [9.17, 15) is 0 Å². The number of hydrogen-bond donors (Lipinski definition) is 0. The van der Waals surface area contributed by atoms with Crippen LogP contribution in [0.15, 0.2) is 59.3 Å². The monoisotopic (exact) mass is 419 g/mol. The smallest absolute Gasteiger partial charge is 0.115 e.